The first-order chi connectivity index (χ1) is 9.47. The van der Waals surface area contributed by atoms with Gasteiger partial charge in [0.25, 0.3) is 0 Å². The highest BCUT2D eigenvalue weighted by Crippen LogP contribution is 2.09. The fourth-order valence-corrected chi connectivity index (χ4v) is 1.49. The molecule has 3 N–H and O–H groups in total. The first-order valence-electron chi connectivity index (χ1n) is 6.31. The number of aliphatic hydroxyl groups excluding tert-OH is 1. The van der Waals surface area contributed by atoms with Gasteiger partial charge in [0.05, 0.1) is 11.6 Å². The van der Waals surface area contributed by atoms with Crippen molar-refractivity contribution in [3.05, 3.63) is 35.1 Å². The molecule has 20 heavy (non-hydrogen) atoms. The third kappa shape index (κ3) is 4.52. The Bertz CT molecular complexity index is 514. The number of nitrogens with one attached hydrogen (secondary N) is 2. The second kappa shape index (κ2) is 7.46. The highest BCUT2D eigenvalue weighted by molar-refractivity contribution is 5.74. The molecular formula is C14H18FN3O2. The van der Waals surface area contributed by atoms with Crippen LogP contribution in [-0.4, -0.2) is 23.8 Å². The number of amides is 2. The molecule has 1 aromatic carbocycles. The quantitative estimate of drug-likeness (QED) is 0.763. The van der Waals surface area contributed by atoms with Gasteiger partial charge in [-0.15, -0.1) is 0 Å². The van der Waals surface area contributed by atoms with Crippen LogP contribution in [0.4, 0.5) is 9.18 Å². The van der Waals surface area contributed by atoms with Crippen molar-refractivity contribution >= 4 is 6.03 Å². The highest BCUT2D eigenvalue weighted by atomic mass is 19.1. The number of aliphatic hydroxyl groups is 1. The predicted molar refractivity (Wildman–Crippen MR) is 72.2 cm³/mol. The molecule has 0 aliphatic rings. The Kier molecular flexibility index (Phi) is 5.94. The molecule has 2 unspecified atom stereocenters. The van der Waals surface area contributed by atoms with Crippen LogP contribution in [0.1, 0.15) is 25.0 Å². The maximum Gasteiger partial charge on any atom is 0.315 e. The molecule has 108 valence electrons. The Morgan fingerprint density at radius 3 is 2.75 bits per heavy atom. The van der Waals surface area contributed by atoms with Crippen molar-refractivity contribution in [3.8, 4) is 6.07 Å². The zero-order valence-electron chi connectivity index (χ0n) is 11.5. The van der Waals surface area contributed by atoms with E-state index in [1.54, 1.807) is 6.92 Å². The molecule has 6 heteroatoms. The van der Waals surface area contributed by atoms with Gasteiger partial charge in [0.1, 0.15) is 5.82 Å². The fourth-order valence-electron chi connectivity index (χ4n) is 1.49. The van der Waals surface area contributed by atoms with Gasteiger partial charge < -0.3 is 15.7 Å². The maximum atomic E-state index is 13.6. The normalized spacial score (nSPS) is 13.2. The number of carbonyl (C=O) groups is 1. The van der Waals surface area contributed by atoms with Gasteiger partial charge in [-0.25, -0.2) is 9.18 Å². The second-order valence-corrected chi connectivity index (χ2v) is 4.69. The summed E-state index contributed by atoms with van der Waals surface area (Å²) in [6.45, 7) is 3.60. The van der Waals surface area contributed by atoms with Gasteiger partial charge in [-0.1, -0.05) is 13.0 Å². The lowest BCUT2D eigenvalue weighted by Gasteiger charge is -2.19. The fraction of sp³-hybridized carbons (Fsp3) is 0.429. The van der Waals surface area contributed by atoms with E-state index in [0.717, 1.165) is 6.07 Å². The average molecular weight is 279 g/mol. The second-order valence-electron chi connectivity index (χ2n) is 4.69. The lowest BCUT2D eigenvalue weighted by Crippen LogP contribution is -2.44. The van der Waals surface area contributed by atoms with Gasteiger partial charge in [-0.05, 0) is 25.0 Å². The Morgan fingerprint density at radius 1 is 1.50 bits per heavy atom. The number of hydrogen-bond donors (Lipinski definition) is 3. The third-order valence-electron chi connectivity index (χ3n) is 3.12. The van der Waals surface area contributed by atoms with Gasteiger partial charge in [0.2, 0.25) is 0 Å². The number of nitrogens with zero attached hydrogens (tertiary/aromatic N) is 1. The van der Waals surface area contributed by atoms with E-state index >= 15 is 0 Å². The van der Waals surface area contributed by atoms with E-state index < -0.39 is 11.8 Å². The van der Waals surface area contributed by atoms with E-state index in [0.29, 0.717) is 5.56 Å². The van der Waals surface area contributed by atoms with Crippen LogP contribution in [0.3, 0.4) is 0 Å². The van der Waals surface area contributed by atoms with Crippen LogP contribution in [0.5, 0.6) is 0 Å². The summed E-state index contributed by atoms with van der Waals surface area (Å²) in [5, 5.41) is 22.8. The Labute approximate surface area is 117 Å². The predicted octanol–water partition coefficient (Wildman–Crippen LogP) is 1.51. The first-order valence-corrected chi connectivity index (χ1v) is 6.31. The van der Waals surface area contributed by atoms with Gasteiger partial charge in [-0.3, -0.25) is 0 Å². The summed E-state index contributed by atoms with van der Waals surface area (Å²) in [5.41, 5.74) is 0.545. The van der Waals surface area contributed by atoms with Crippen LogP contribution < -0.4 is 10.6 Å². The average Bonchev–Trinajstić information content (AvgIpc) is 2.44. The van der Waals surface area contributed by atoms with Crippen LogP contribution in [0, 0.1) is 23.1 Å². The van der Waals surface area contributed by atoms with Gasteiger partial charge in [-0.2, -0.15) is 5.26 Å². The molecule has 0 saturated heterocycles. The molecule has 0 radical (unpaired) electrons. The Morgan fingerprint density at radius 2 is 2.20 bits per heavy atom. The molecule has 0 fully saturated rings. The number of hydrogen-bond acceptors (Lipinski definition) is 3. The van der Waals surface area contributed by atoms with E-state index in [-0.39, 0.29) is 30.7 Å². The van der Waals surface area contributed by atoms with Crippen molar-refractivity contribution in [1.29, 1.82) is 5.26 Å². The van der Waals surface area contributed by atoms with Crippen molar-refractivity contribution in [2.75, 3.05) is 6.61 Å². The molecule has 5 nitrogen and oxygen atoms in total. The molecule has 2 atom stereocenters. The van der Waals surface area contributed by atoms with E-state index in [9.17, 15) is 9.18 Å². The smallest absolute Gasteiger partial charge is 0.315 e. The van der Waals surface area contributed by atoms with Crippen LogP contribution in [0.15, 0.2) is 18.2 Å². The number of rotatable bonds is 5. The van der Waals surface area contributed by atoms with E-state index in [1.165, 1.54) is 12.1 Å². The minimum Gasteiger partial charge on any atom is -0.396 e. The summed E-state index contributed by atoms with van der Waals surface area (Å²) in [7, 11) is 0. The van der Waals surface area contributed by atoms with E-state index in [2.05, 4.69) is 10.6 Å². The van der Waals surface area contributed by atoms with Crippen LogP contribution >= 0.6 is 0 Å². The summed E-state index contributed by atoms with van der Waals surface area (Å²) in [4.78, 5) is 11.6. The van der Waals surface area contributed by atoms with Crippen molar-refractivity contribution in [2.24, 2.45) is 5.92 Å². The van der Waals surface area contributed by atoms with Crippen LogP contribution in [0.25, 0.3) is 0 Å². The minimum absolute atomic E-state index is 0.0221. The Hall–Kier alpha value is -2.13. The molecule has 0 saturated carbocycles. The molecule has 0 aliphatic heterocycles. The van der Waals surface area contributed by atoms with Gasteiger partial charge in [0, 0.05) is 24.8 Å². The van der Waals surface area contributed by atoms with Crippen LogP contribution in [-0.2, 0) is 6.54 Å². The standard InChI is InChI=1S/C14H18FN3O2/c1-9(8-19)10(2)18-14(20)17-7-12-4-3-11(6-16)5-13(12)15/h3-5,9-10,19H,7-8H2,1-2H3,(H2,17,18,20). The van der Waals surface area contributed by atoms with Crippen molar-refractivity contribution < 1.29 is 14.3 Å². The highest BCUT2D eigenvalue weighted by Gasteiger charge is 2.14. The molecule has 0 aromatic heterocycles. The zero-order valence-corrected chi connectivity index (χ0v) is 11.5. The summed E-state index contributed by atoms with van der Waals surface area (Å²) in [5.74, 6) is -0.589. The van der Waals surface area contributed by atoms with Crippen molar-refractivity contribution in [1.82, 2.24) is 10.6 Å². The lowest BCUT2D eigenvalue weighted by molar-refractivity contribution is 0.200. The molecule has 0 spiro atoms. The molecule has 0 heterocycles. The molecule has 2 amide bonds. The molecular weight excluding hydrogens is 261 g/mol. The molecule has 0 aliphatic carbocycles. The lowest BCUT2D eigenvalue weighted by atomic mass is 10.1. The zero-order chi connectivity index (χ0) is 15.1. The largest absolute Gasteiger partial charge is 0.396 e. The Balaban J connectivity index is 2.51. The molecule has 1 rings (SSSR count). The monoisotopic (exact) mass is 279 g/mol. The van der Waals surface area contributed by atoms with Crippen molar-refractivity contribution in [3.63, 3.8) is 0 Å². The van der Waals surface area contributed by atoms with Gasteiger partial charge >= 0.3 is 6.03 Å². The SMILES string of the molecule is CC(CO)C(C)NC(=O)NCc1ccc(C#N)cc1F. The number of nitriles is 1. The number of urea groups is 1. The summed E-state index contributed by atoms with van der Waals surface area (Å²) >= 11 is 0. The topological polar surface area (TPSA) is 85.2 Å². The first kappa shape index (κ1) is 15.9. The minimum atomic E-state index is -0.527. The van der Waals surface area contributed by atoms with Gasteiger partial charge in [0.15, 0.2) is 0 Å². The summed E-state index contributed by atoms with van der Waals surface area (Å²) in [6.07, 6.45) is 0. The summed E-state index contributed by atoms with van der Waals surface area (Å²) < 4.78 is 13.6. The van der Waals surface area contributed by atoms with E-state index in [4.69, 9.17) is 10.4 Å². The maximum absolute atomic E-state index is 13.6. The third-order valence-corrected chi connectivity index (χ3v) is 3.12. The summed E-state index contributed by atoms with van der Waals surface area (Å²) in [6, 6.07) is 5.31. The molecule has 0 bridgehead atoms. The number of halogens is 1. The number of benzene rings is 1. The van der Waals surface area contributed by atoms with Crippen molar-refractivity contribution in [2.45, 2.75) is 26.4 Å². The number of carbonyl (C=O) groups excluding carboxylic acids is 1. The van der Waals surface area contributed by atoms with Crippen LogP contribution in [0.2, 0.25) is 0 Å². The molecule has 1 aromatic rings. The van der Waals surface area contributed by atoms with E-state index in [1.807, 2.05) is 13.0 Å².